The van der Waals surface area contributed by atoms with Gasteiger partial charge in [0.1, 0.15) is 16.3 Å². The molecule has 2 aromatic rings. The fourth-order valence-electron chi connectivity index (χ4n) is 7.79. The maximum Gasteiger partial charge on any atom is 0.295 e. The fraction of sp³-hybridized carbons (Fsp3) is 0.444. The minimum absolute atomic E-state index is 0.0294. The first kappa shape index (κ1) is 48.8. The number of anilines is 1. The number of allylic oxidation sites excluding steroid dienone is 6. The molecule has 4 rings (SSSR count). The summed E-state index contributed by atoms with van der Waals surface area (Å²) in [7, 11) is -24.1. The average molecular weight is 939 g/mol. The first-order chi connectivity index (χ1) is 27.5. The van der Waals surface area contributed by atoms with Crippen molar-refractivity contribution in [3.05, 3.63) is 77.5 Å². The maximum atomic E-state index is 12.9. The summed E-state index contributed by atoms with van der Waals surface area (Å²) >= 11 is 0. The molecule has 2 aliphatic rings. The summed E-state index contributed by atoms with van der Waals surface area (Å²) < 4.78 is 179. The van der Waals surface area contributed by atoms with Gasteiger partial charge in [-0.3, -0.25) is 23.0 Å². The third-order valence-corrected chi connectivity index (χ3v) is 14.5. The first-order valence-electron chi connectivity index (χ1n) is 18.2. The van der Waals surface area contributed by atoms with Gasteiger partial charge in [-0.25, -0.2) is 8.42 Å². The molecular formula is C36H46N2O17S5. The van der Waals surface area contributed by atoms with Gasteiger partial charge in [0.2, 0.25) is 5.69 Å². The van der Waals surface area contributed by atoms with E-state index in [1.807, 2.05) is 0 Å². The SMILES string of the molecule is CC1(C)C(/C=C/C=C/C=C2/N(CCCS(=O)(=O)O)c3cc(S(=O)(=O)O)cc(S(=O)(=O)O)c3C2(C)CCCCCOC=O)=[N+](CCCS(=O)(=O)[O-])c2cccc(S(=O)(=O)O)c21. The lowest BCUT2D eigenvalue weighted by Crippen LogP contribution is -2.30. The molecule has 1 unspecified atom stereocenters. The Morgan fingerprint density at radius 2 is 1.43 bits per heavy atom. The van der Waals surface area contributed by atoms with Crippen LogP contribution in [-0.4, -0.2) is 113 Å². The van der Waals surface area contributed by atoms with Crippen molar-refractivity contribution < 1.29 is 79.0 Å². The summed E-state index contributed by atoms with van der Waals surface area (Å²) in [5, 5.41) is 0. The second-order valence-corrected chi connectivity index (χ2v) is 22.2. The highest BCUT2D eigenvalue weighted by atomic mass is 32.2. The highest BCUT2D eigenvalue weighted by Gasteiger charge is 2.49. The van der Waals surface area contributed by atoms with Gasteiger partial charge in [-0.2, -0.15) is 38.2 Å². The number of unbranched alkanes of at least 4 members (excludes halogenated alkanes) is 2. The Morgan fingerprint density at radius 3 is 2.02 bits per heavy atom. The molecule has 0 fully saturated rings. The Bertz CT molecular complexity index is 2700. The van der Waals surface area contributed by atoms with Crippen molar-refractivity contribution in [3.8, 4) is 0 Å². The van der Waals surface area contributed by atoms with Crippen LogP contribution < -0.4 is 4.90 Å². The van der Waals surface area contributed by atoms with Crippen LogP contribution in [-0.2, 0) is 71.0 Å². The molecule has 2 aliphatic heterocycles. The molecular weight excluding hydrogens is 893 g/mol. The molecule has 4 N–H and O–H groups in total. The molecule has 24 heteroatoms. The number of hydrogen-bond acceptors (Lipinski definition) is 14. The standard InChI is InChI=1S/C36H46N2O17S5/c1-35(2)31(37(18-11-21-56(40,41)42)27-13-10-14-29(33(27)35)59(49,50)51)15-6-4-7-16-32-36(3,17-8-5-9-20-55-25-39)34-28(38(32)19-12-22-57(43,44)45)23-26(58(46,47)48)24-30(34)60(52,53)54/h4,6-7,10,13-16,23-25H,5,8-9,11-12,17-22H2,1-3H3,(H4-,40,41,42,43,44,45,46,47,48,49,50,51,52,53,54). The maximum absolute atomic E-state index is 12.9. The quantitative estimate of drug-likeness (QED) is 0.0457. The van der Waals surface area contributed by atoms with Crippen molar-refractivity contribution >= 4 is 74.1 Å². The predicted molar refractivity (Wildman–Crippen MR) is 217 cm³/mol. The zero-order valence-corrected chi connectivity index (χ0v) is 36.7. The van der Waals surface area contributed by atoms with Gasteiger partial charge in [-0.1, -0.05) is 37.1 Å². The van der Waals surface area contributed by atoms with Crippen LogP contribution in [0.15, 0.2) is 81.1 Å². The monoisotopic (exact) mass is 938 g/mol. The lowest BCUT2D eigenvalue weighted by Gasteiger charge is -2.31. The Labute approximate surface area is 349 Å². The van der Waals surface area contributed by atoms with Crippen LogP contribution in [0.5, 0.6) is 0 Å². The molecule has 2 heterocycles. The van der Waals surface area contributed by atoms with E-state index in [1.165, 1.54) is 35.3 Å². The topological polar surface area (TPSA) is 307 Å². The van der Waals surface area contributed by atoms with E-state index in [-0.39, 0.29) is 67.1 Å². The summed E-state index contributed by atoms with van der Waals surface area (Å²) in [6.07, 6.45) is 8.71. The van der Waals surface area contributed by atoms with Gasteiger partial charge in [-0.05, 0) is 64.3 Å². The van der Waals surface area contributed by atoms with Gasteiger partial charge in [-0.15, -0.1) is 0 Å². The van der Waals surface area contributed by atoms with E-state index in [1.54, 1.807) is 43.6 Å². The zero-order valence-electron chi connectivity index (χ0n) is 32.7. The second kappa shape index (κ2) is 18.2. The van der Waals surface area contributed by atoms with E-state index in [0.717, 1.165) is 6.07 Å². The van der Waals surface area contributed by atoms with E-state index in [4.69, 9.17) is 4.74 Å². The third kappa shape index (κ3) is 11.5. The number of rotatable bonds is 21. The molecule has 0 spiro atoms. The van der Waals surface area contributed by atoms with Crippen molar-refractivity contribution in [2.75, 3.05) is 36.1 Å². The number of carbonyl (C=O) groups is 1. The minimum Gasteiger partial charge on any atom is -0.748 e. The van der Waals surface area contributed by atoms with Crippen LogP contribution in [0, 0.1) is 0 Å². The van der Waals surface area contributed by atoms with Crippen LogP contribution in [0.3, 0.4) is 0 Å². The van der Waals surface area contributed by atoms with Crippen molar-refractivity contribution in [3.63, 3.8) is 0 Å². The van der Waals surface area contributed by atoms with Crippen molar-refractivity contribution in [2.24, 2.45) is 0 Å². The van der Waals surface area contributed by atoms with Crippen LogP contribution in [0.4, 0.5) is 11.4 Å². The molecule has 2 aromatic carbocycles. The van der Waals surface area contributed by atoms with Crippen molar-refractivity contribution in [1.82, 2.24) is 0 Å². The number of hydrogen-bond donors (Lipinski definition) is 4. The number of fused-ring (bicyclic) bond motifs is 2. The van der Waals surface area contributed by atoms with E-state index in [0.29, 0.717) is 42.4 Å². The Kier molecular flexibility index (Phi) is 14.8. The summed E-state index contributed by atoms with van der Waals surface area (Å²) in [5.41, 5.74) is -1.31. The van der Waals surface area contributed by atoms with Crippen LogP contribution >= 0.6 is 0 Å². The van der Waals surface area contributed by atoms with Crippen LogP contribution in [0.25, 0.3) is 0 Å². The van der Waals surface area contributed by atoms with Crippen molar-refractivity contribution in [2.45, 2.75) is 84.8 Å². The third-order valence-electron chi connectivity index (χ3n) is 10.3. The lowest BCUT2D eigenvalue weighted by atomic mass is 9.77. The Balaban J connectivity index is 1.89. The lowest BCUT2D eigenvalue weighted by molar-refractivity contribution is -0.437. The summed E-state index contributed by atoms with van der Waals surface area (Å²) in [6.45, 7) is 5.10. The normalized spacial score (nSPS) is 19.1. The van der Waals surface area contributed by atoms with E-state index < -0.39 is 82.7 Å². The average Bonchev–Trinajstić information content (AvgIpc) is 3.46. The molecule has 0 saturated heterocycles. The van der Waals surface area contributed by atoms with Gasteiger partial charge < -0.3 is 14.2 Å². The van der Waals surface area contributed by atoms with Gasteiger partial charge in [0, 0.05) is 53.2 Å². The molecule has 1 atom stereocenters. The molecule has 0 saturated carbocycles. The molecule has 0 radical (unpaired) electrons. The van der Waals surface area contributed by atoms with Crippen LogP contribution in [0.1, 0.15) is 70.4 Å². The number of nitrogens with zero attached hydrogens (tertiary/aromatic N) is 2. The molecule has 0 aromatic heterocycles. The number of benzene rings is 2. The molecule has 0 amide bonds. The molecule has 0 aliphatic carbocycles. The minimum atomic E-state index is -5.18. The van der Waals surface area contributed by atoms with Crippen molar-refractivity contribution in [1.29, 1.82) is 0 Å². The Morgan fingerprint density at radius 1 is 0.767 bits per heavy atom. The van der Waals surface area contributed by atoms with Gasteiger partial charge in [0.25, 0.3) is 46.9 Å². The number of ether oxygens (including phenoxy) is 1. The molecule has 332 valence electrons. The zero-order chi connectivity index (χ0) is 45.1. The summed E-state index contributed by atoms with van der Waals surface area (Å²) in [4.78, 5) is 9.96. The van der Waals surface area contributed by atoms with E-state index in [2.05, 4.69) is 0 Å². The highest BCUT2D eigenvalue weighted by Crippen LogP contribution is 2.54. The van der Waals surface area contributed by atoms with Gasteiger partial charge in [0.05, 0.1) is 38.4 Å². The summed E-state index contributed by atoms with van der Waals surface area (Å²) in [6, 6.07) is 5.80. The predicted octanol–water partition coefficient (Wildman–Crippen LogP) is 3.52. The number of carbonyl (C=O) groups excluding carboxylic acids is 1. The molecule has 60 heavy (non-hydrogen) atoms. The fourth-order valence-corrected chi connectivity index (χ4v) is 11.1. The largest absolute Gasteiger partial charge is 0.748 e. The summed E-state index contributed by atoms with van der Waals surface area (Å²) in [5.74, 6) is -1.45. The Hall–Kier alpha value is -3.85. The molecule has 19 nitrogen and oxygen atoms in total. The van der Waals surface area contributed by atoms with Gasteiger partial charge in [0.15, 0.2) is 5.71 Å². The second-order valence-electron chi connectivity index (χ2n) is 14.9. The van der Waals surface area contributed by atoms with Gasteiger partial charge >= 0.3 is 0 Å². The van der Waals surface area contributed by atoms with Crippen LogP contribution in [0.2, 0.25) is 0 Å². The van der Waals surface area contributed by atoms with E-state index in [9.17, 15) is 69.6 Å². The smallest absolute Gasteiger partial charge is 0.295 e. The van der Waals surface area contributed by atoms with E-state index >= 15 is 0 Å². The first-order valence-corrected chi connectivity index (χ1v) is 25.7. The molecule has 0 bridgehead atoms. The highest BCUT2D eigenvalue weighted by molar-refractivity contribution is 7.87.